The Bertz CT molecular complexity index is 272. The summed E-state index contributed by atoms with van der Waals surface area (Å²) < 4.78 is 0. The fraction of sp³-hybridized carbons (Fsp3) is 0.444. The average molecular weight is 149 g/mol. The minimum Gasteiger partial charge on any atom is -0.392 e. The predicted molar refractivity (Wildman–Crippen MR) is 42.4 cm³/mol. The molecule has 1 aromatic rings. The molecule has 2 heteroatoms. The van der Waals surface area contributed by atoms with Crippen molar-refractivity contribution in [3.63, 3.8) is 0 Å². The molecule has 0 aromatic carbocycles. The zero-order valence-corrected chi connectivity index (χ0v) is 6.49. The van der Waals surface area contributed by atoms with Crippen molar-refractivity contribution in [1.82, 2.24) is 4.98 Å². The monoisotopic (exact) mass is 149 g/mol. The molecule has 0 spiro atoms. The van der Waals surface area contributed by atoms with Crippen LogP contribution >= 0.6 is 0 Å². The first-order valence-electron chi connectivity index (χ1n) is 3.91. The predicted octanol–water partition coefficient (Wildman–Crippen LogP) is 1.10. The van der Waals surface area contributed by atoms with E-state index in [1.54, 1.807) is 6.20 Å². The van der Waals surface area contributed by atoms with Gasteiger partial charge in [0.1, 0.15) is 0 Å². The summed E-state index contributed by atoms with van der Waals surface area (Å²) in [5.41, 5.74) is 2.27. The number of aromatic nitrogens is 1. The van der Waals surface area contributed by atoms with Gasteiger partial charge in [-0.1, -0.05) is 13.0 Å². The molecule has 0 aliphatic heterocycles. The van der Waals surface area contributed by atoms with E-state index >= 15 is 0 Å². The summed E-state index contributed by atoms with van der Waals surface area (Å²) >= 11 is 0. The number of aliphatic hydroxyl groups is 1. The second kappa shape index (κ2) is 2.31. The van der Waals surface area contributed by atoms with Gasteiger partial charge in [0.25, 0.3) is 0 Å². The van der Waals surface area contributed by atoms with Crippen LogP contribution in [0, 0.1) is 0 Å². The van der Waals surface area contributed by atoms with Crippen LogP contribution in [0.5, 0.6) is 0 Å². The molecule has 0 unspecified atom stereocenters. The molecule has 0 radical (unpaired) electrons. The molecule has 1 aliphatic carbocycles. The summed E-state index contributed by atoms with van der Waals surface area (Å²) in [5, 5.41) is 9.48. The number of pyridine rings is 1. The first-order chi connectivity index (χ1) is 5.29. The van der Waals surface area contributed by atoms with E-state index in [1.807, 2.05) is 19.1 Å². The molecule has 1 N–H and O–H groups in total. The molecule has 1 aromatic heterocycles. The molecule has 0 amide bonds. The van der Waals surface area contributed by atoms with Gasteiger partial charge in [-0.15, -0.1) is 0 Å². The van der Waals surface area contributed by atoms with Crippen LogP contribution in [0.1, 0.15) is 24.1 Å². The normalized spacial score (nSPS) is 28.5. The minimum atomic E-state index is -0.222. The lowest BCUT2D eigenvalue weighted by Crippen LogP contribution is -2.09. The summed E-state index contributed by atoms with van der Waals surface area (Å²) in [6.45, 7) is 2.02. The number of nitrogens with zero attached hydrogens (tertiary/aromatic N) is 1. The third-order valence-corrected chi connectivity index (χ3v) is 2.36. The number of aliphatic hydroxyl groups excluding tert-OH is 1. The summed E-state index contributed by atoms with van der Waals surface area (Å²) in [5.74, 6) is 0.214. The Kier molecular flexibility index (Phi) is 1.43. The molecule has 2 atom stereocenters. The topological polar surface area (TPSA) is 33.1 Å². The van der Waals surface area contributed by atoms with Gasteiger partial charge in [-0.3, -0.25) is 4.98 Å². The lowest BCUT2D eigenvalue weighted by Gasteiger charge is -2.06. The third-order valence-electron chi connectivity index (χ3n) is 2.36. The van der Waals surface area contributed by atoms with Crippen LogP contribution in [0.3, 0.4) is 0 Å². The highest BCUT2D eigenvalue weighted by Gasteiger charge is 2.27. The second-order valence-corrected chi connectivity index (χ2v) is 3.11. The quantitative estimate of drug-likeness (QED) is 0.599. The van der Waals surface area contributed by atoms with Gasteiger partial charge in [-0.05, 0) is 11.6 Å². The van der Waals surface area contributed by atoms with E-state index in [-0.39, 0.29) is 12.0 Å². The zero-order valence-electron chi connectivity index (χ0n) is 6.49. The molecule has 2 rings (SSSR count). The van der Waals surface area contributed by atoms with E-state index in [4.69, 9.17) is 0 Å². The largest absolute Gasteiger partial charge is 0.392 e. The van der Waals surface area contributed by atoms with Crippen molar-refractivity contribution >= 4 is 0 Å². The number of hydrogen-bond donors (Lipinski definition) is 1. The molecule has 0 saturated carbocycles. The summed E-state index contributed by atoms with van der Waals surface area (Å²) in [7, 11) is 0. The Morgan fingerprint density at radius 1 is 1.64 bits per heavy atom. The Labute approximate surface area is 65.9 Å². The van der Waals surface area contributed by atoms with Crippen molar-refractivity contribution in [3.05, 3.63) is 29.6 Å². The van der Waals surface area contributed by atoms with E-state index < -0.39 is 0 Å². The van der Waals surface area contributed by atoms with Crippen LogP contribution in [0.15, 0.2) is 18.3 Å². The van der Waals surface area contributed by atoms with Crippen LogP contribution in [-0.4, -0.2) is 16.2 Å². The molecule has 0 bridgehead atoms. The van der Waals surface area contributed by atoms with Crippen LogP contribution in [0.2, 0.25) is 0 Å². The van der Waals surface area contributed by atoms with E-state index in [2.05, 4.69) is 4.98 Å². The lowest BCUT2D eigenvalue weighted by molar-refractivity contribution is 0.162. The maximum absolute atomic E-state index is 9.48. The fourth-order valence-electron chi connectivity index (χ4n) is 1.62. The van der Waals surface area contributed by atoms with E-state index in [0.717, 1.165) is 12.1 Å². The van der Waals surface area contributed by atoms with E-state index in [9.17, 15) is 5.11 Å². The highest BCUT2D eigenvalue weighted by atomic mass is 16.3. The van der Waals surface area contributed by atoms with Gasteiger partial charge in [0.15, 0.2) is 0 Å². The third kappa shape index (κ3) is 0.942. The molecule has 0 fully saturated rings. The summed E-state index contributed by atoms with van der Waals surface area (Å²) in [6.07, 6.45) is 2.33. The van der Waals surface area contributed by atoms with E-state index in [1.165, 1.54) is 5.56 Å². The maximum Gasteiger partial charge on any atom is 0.0662 e. The highest BCUT2D eigenvalue weighted by Crippen LogP contribution is 2.30. The Balaban J connectivity index is 2.47. The molecule has 11 heavy (non-hydrogen) atoms. The zero-order chi connectivity index (χ0) is 7.84. The van der Waals surface area contributed by atoms with Crippen molar-refractivity contribution in [3.8, 4) is 0 Å². The number of fused-ring (bicyclic) bond motifs is 1. The maximum atomic E-state index is 9.48. The Hall–Kier alpha value is -0.890. The molecule has 2 nitrogen and oxygen atoms in total. The number of rotatable bonds is 0. The van der Waals surface area contributed by atoms with Crippen LogP contribution in [-0.2, 0) is 6.42 Å². The minimum absolute atomic E-state index is 0.214. The smallest absolute Gasteiger partial charge is 0.0662 e. The molecule has 58 valence electrons. The van der Waals surface area contributed by atoms with Crippen LogP contribution in [0.4, 0.5) is 0 Å². The van der Waals surface area contributed by atoms with Crippen molar-refractivity contribution in [1.29, 1.82) is 0 Å². The van der Waals surface area contributed by atoms with Gasteiger partial charge in [0.05, 0.1) is 6.10 Å². The number of hydrogen-bond acceptors (Lipinski definition) is 2. The van der Waals surface area contributed by atoms with Crippen molar-refractivity contribution in [2.24, 2.45) is 0 Å². The van der Waals surface area contributed by atoms with Gasteiger partial charge in [0, 0.05) is 24.2 Å². The van der Waals surface area contributed by atoms with Gasteiger partial charge in [0.2, 0.25) is 0 Å². The van der Waals surface area contributed by atoms with E-state index in [0.29, 0.717) is 0 Å². The first kappa shape index (κ1) is 6.80. The fourth-order valence-corrected chi connectivity index (χ4v) is 1.62. The van der Waals surface area contributed by atoms with Crippen LogP contribution in [0.25, 0.3) is 0 Å². The summed E-state index contributed by atoms with van der Waals surface area (Å²) in [6, 6.07) is 3.96. The first-order valence-corrected chi connectivity index (χ1v) is 3.91. The second-order valence-electron chi connectivity index (χ2n) is 3.11. The Morgan fingerprint density at radius 3 is 3.18 bits per heavy atom. The van der Waals surface area contributed by atoms with Gasteiger partial charge in [-0.25, -0.2) is 0 Å². The van der Waals surface area contributed by atoms with Gasteiger partial charge in [-0.2, -0.15) is 0 Å². The molecular weight excluding hydrogens is 138 g/mol. The molecular formula is C9H11NO. The summed E-state index contributed by atoms with van der Waals surface area (Å²) in [4.78, 5) is 4.23. The van der Waals surface area contributed by atoms with Gasteiger partial charge < -0.3 is 5.11 Å². The molecule has 1 heterocycles. The van der Waals surface area contributed by atoms with Gasteiger partial charge >= 0.3 is 0 Å². The standard InChI is InChI=1S/C9H11NO/c1-6-8(11)5-7-3-2-4-10-9(6)7/h2-4,6,8,11H,5H2,1H3/t6-,8+/m1/s1. The van der Waals surface area contributed by atoms with Crippen molar-refractivity contribution < 1.29 is 5.11 Å². The average Bonchev–Trinajstić information content (AvgIpc) is 2.30. The van der Waals surface area contributed by atoms with Crippen molar-refractivity contribution in [2.45, 2.75) is 25.4 Å². The lowest BCUT2D eigenvalue weighted by atomic mass is 10.1. The SMILES string of the molecule is C[C@H]1c2ncccc2C[C@@H]1O. The highest BCUT2D eigenvalue weighted by molar-refractivity contribution is 5.30. The Morgan fingerprint density at radius 2 is 2.45 bits per heavy atom. The molecule has 0 saturated heterocycles. The van der Waals surface area contributed by atoms with Crippen molar-refractivity contribution in [2.75, 3.05) is 0 Å². The molecule has 1 aliphatic rings. The van der Waals surface area contributed by atoms with Crippen LogP contribution < -0.4 is 0 Å².